The maximum Gasteiger partial charge on any atom is 0.416 e. The minimum absolute atomic E-state index is 0.107. The van der Waals surface area contributed by atoms with Gasteiger partial charge in [-0.2, -0.15) is 13.2 Å². The number of benzene rings is 2. The summed E-state index contributed by atoms with van der Waals surface area (Å²) in [5.41, 5.74) is 1.67. The summed E-state index contributed by atoms with van der Waals surface area (Å²) in [6, 6.07) is 10.7. The molecule has 2 aromatic carbocycles. The molecule has 0 saturated carbocycles. The number of alkyl halides is 3. The lowest BCUT2D eigenvalue weighted by molar-refractivity contribution is -0.137. The lowest BCUT2D eigenvalue weighted by Gasteiger charge is -2.20. The molecule has 0 heterocycles. The van der Waals surface area contributed by atoms with E-state index >= 15 is 0 Å². The molecule has 0 saturated heterocycles. The second kappa shape index (κ2) is 6.95. The van der Waals surface area contributed by atoms with Gasteiger partial charge in [-0.05, 0) is 36.2 Å². The Hall–Kier alpha value is -2.50. The van der Waals surface area contributed by atoms with Crippen molar-refractivity contribution in [1.82, 2.24) is 0 Å². The van der Waals surface area contributed by atoms with Gasteiger partial charge in [0.2, 0.25) is 5.91 Å². The van der Waals surface area contributed by atoms with Crippen LogP contribution in [-0.4, -0.2) is 20.0 Å². The molecule has 0 aromatic heterocycles. The van der Waals surface area contributed by atoms with E-state index in [1.807, 2.05) is 31.2 Å². The van der Waals surface area contributed by atoms with Crippen molar-refractivity contribution in [1.29, 1.82) is 0 Å². The Labute approximate surface area is 139 Å². The number of rotatable bonds is 4. The number of amides is 1. The zero-order valence-electron chi connectivity index (χ0n) is 13.7. The fraction of sp³-hybridized carbons (Fsp3) is 0.278. The normalized spacial score (nSPS) is 11.2. The van der Waals surface area contributed by atoms with Gasteiger partial charge in [-0.15, -0.1) is 0 Å². The molecule has 24 heavy (non-hydrogen) atoms. The molecule has 2 aromatic rings. The van der Waals surface area contributed by atoms with Gasteiger partial charge in [-0.3, -0.25) is 4.79 Å². The van der Waals surface area contributed by atoms with Crippen molar-refractivity contribution in [2.75, 3.05) is 24.3 Å². The van der Waals surface area contributed by atoms with Crippen LogP contribution in [0, 0.1) is 6.92 Å². The average molecular weight is 336 g/mol. The minimum Gasteiger partial charge on any atom is -0.376 e. The Morgan fingerprint density at radius 1 is 1.12 bits per heavy atom. The molecule has 0 aliphatic carbocycles. The summed E-state index contributed by atoms with van der Waals surface area (Å²) in [7, 11) is 3.42. The smallest absolute Gasteiger partial charge is 0.376 e. The minimum atomic E-state index is -4.46. The predicted molar refractivity (Wildman–Crippen MR) is 89.3 cm³/mol. The fourth-order valence-corrected chi connectivity index (χ4v) is 2.38. The van der Waals surface area contributed by atoms with Crippen LogP contribution in [0.4, 0.5) is 24.5 Å². The van der Waals surface area contributed by atoms with Gasteiger partial charge in [0.15, 0.2) is 0 Å². The third kappa shape index (κ3) is 4.28. The van der Waals surface area contributed by atoms with Crippen molar-refractivity contribution < 1.29 is 18.0 Å². The lowest BCUT2D eigenvalue weighted by Crippen LogP contribution is -2.19. The first-order chi connectivity index (χ1) is 11.2. The maximum absolute atomic E-state index is 12.9. The third-order valence-electron chi connectivity index (χ3n) is 3.69. The Morgan fingerprint density at radius 2 is 1.79 bits per heavy atom. The number of nitrogens with one attached hydrogen (secondary N) is 1. The number of carbonyl (C=O) groups is 1. The standard InChI is InChI=1S/C18H19F3N2O/c1-12-6-4-5-7-13(12)10-17(24)22-15-11-14(18(19,20)21)8-9-16(15)23(2)3/h4-9,11H,10H2,1-3H3,(H,22,24). The van der Waals surface area contributed by atoms with Crippen LogP contribution in [0.15, 0.2) is 42.5 Å². The maximum atomic E-state index is 12.9. The summed E-state index contributed by atoms with van der Waals surface area (Å²) < 4.78 is 38.7. The molecule has 128 valence electrons. The van der Waals surface area contributed by atoms with Gasteiger partial charge >= 0.3 is 6.18 Å². The third-order valence-corrected chi connectivity index (χ3v) is 3.69. The van der Waals surface area contributed by atoms with Gasteiger partial charge in [0.05, 0.1) is 23.4 Å². The largest absolute Gasteiger partial charge is 0.416 e. The molecule has 0 aliphatic rings. The Kier molecular flexibility index (Phi) is 5.17. The van der Waals surface area contributed by atoms with Crippen LogP contribution in [0.3, 0.4) is 0 Å². The molecule has 2 rings (SSSR count). The molecule has 0 atom stereocenters. The van der Waals surface area contributed by atoms with Crippen molar-refractivity contribution in [3.8, 4) is 0 Å². The molecule has 0 bridgehead atoms. The molecule has 0 radical (unpaired) electrons. The van der Waals surface area contributed by atoms with Crippen LogP contribution in [0.1, 0.15) is 16.7 Å². The van der Waals surface area contributed by atoms with Gasteiger partial charge in [-0.25, -0.2) is 0 Å². The predicted octanol–water partition coefficient (Wildman–Crippen LogP) is 4.26. The van der Waals surface area contributed by atoms with Gasteiger partial charge in [0.1, 0.15) is 0 Å². The molecule has 0 unspecified atom stereocenters. The number of nitrogens with zero attached hydrogens (tertiary/aromatic N) is 1. The van der Waals surface area contributed by atoms with Crippen molar-refractivity contribution in [3.63, 3.8) is 0 Å². The zero-order chi connectivity index (χ0) is 17.9. The molecule has 6 heteroatoms. The van der Waals surface area contributed by atoms with Crippen LogP contribution in [0.2, 0.25) is 0 Å². The highest BCUT2D eigenvalue weighted by Crippen LogP contribution is 2.35. The van der Waals surface area contributed by atoms with E-state index < -0.39 is 11.7 Å². The fourth-order valence-electron chi connectivity index (χ4n) is 2.38. The lowest BCUT2D eigenvalue weighted by atomic mass is 10.1. The van der Waals surface area contributed by atoms with Gasteiger partial charge in [0, 0.05) is 14.1 Å². The summed E-state index contributed by atoms with van der Waals surface area (Å²) in [5.74, 6) is -0.355. The highest BCUT2D eigenvalue weighted by Gasteiger charge is 2.31. The first-order valence-electron chi connectivity index (χ1n) is 7.41. The van der Waals surface area contributed by atoms with Crippen LogP contribution in [-0.2, 0) is 17.4 Å². The number of hydrogen-bond donors (Lipinski definition) is 1. The van der Waals surface area contributed by atoms with E-state index in [-0.39, 0.29) is 18.0 Å². The van der Waals surface area contributed by atoms with E-state index in [2.05, 4.69) is 5.32 Å². The van der Waals surface area contributed by atoms with Gasteiger partial charge in [0.25, 0.3) is 0 Å². The quantitative estimate of drug-likeness (QED) is 0.905. The number of aryl methyl sites for hydroxylation is 1. The van der Waals surface area contributed by atoms with Crippen LogP contribution >= 0.6 is 0 Å². The summed E-state index contributed by atoms with van der Waals surface area (Å²) in [5, 5.41) is 2.60. The first-order valence-corrected chi connectivity index (χ1v) is 7.41. The van der Waals surface area contributed by atoms with Crippen molar-refractivity contribution in [3.05, 3.63) is 59.2 Å². The number of anilines is 2. The van der Waals surface area contributed by atoms with E-state index in [1.165, 1.54) is 6.07 Å². The number of hydrogen-bond acceptors (Lipinski definition) is 2. The van der Waals surface area contributed by atoms with E-state index in [9.17, 15) is 18.0 Å². The molecule has 0 aliphatic heterocycles. The van der Waals surface area contributed by atoms with Crippen molar-refractivity contribution in [2.45, 2.75) is 19.5 Å². The SMILES string of the molecule is Cc1ccccc1CC(=O)Nc1cc(C(F)(F)F)ccc1N(C)C. The van der Waals surface area contributed by atoms with Crippen molar-refractivity contribution >= 4 is 17.3 Å². The zero-order valence-corrected chi connectivity index (χ0v) is 13.7. The summed E-state index contributed by atoms with van der Waals surface area (Å²) in [4.78, 5) is 13.9. The molecule has 1 N–H and O–H groups in total. The molecule has 0 fully saturated rings. The molecular formula is C18H19F3N2O. The van der Waals surface area contributed by atoms with Crippen molar-refractivity contribution in [2.24, 2.45) is 0 Å². The summed E-state index contributed by atoms with van der Waals surface area (Å²) in [6.45, 7) is 1.89. The van der Waals surface area contributed by atoms with Crippen LogP contribution < -0.4 is 10.2 Å². The highest BCUT2D eigenvalue weighted by molar-refractivity contribution is 5.95. The summed E-state index contributed by atoms with van der Waals surface area (Å²) in [6.07, 6.45) is -4.35. The van der Waals surface area contributed by atoms with Gasteiger partial charge in [-0.1, -0.05) is 24.3 Å². The highest BCUT2D eigenvalue weighted by atomic mass is 19.4. The topological polar surface area (TPSA) is 32.3 Å². The van der Waals surface area contributed by atoms with Crippen LogP contribution in [0.25, 0.3) is 0 Å². The van der Waals surface area contributed by atoms with Gasteiger partial charge < -0.3 is 10.2 Å². The Bertz CT molecular complexity index is 739. The second-order valence-corrected chi connectivity index (χ2v) is 5.78. The molecule has 0 spiro atoms. The molecular weight excluding hydrogens is 317 g/mol. The molecule has 3 nitrogen and oxygen atoms in total. The Balaban J connectivity index is 2.26. The number of halogens is 3. The van der Waals surface area contributed by atoms with E-state index in [1.54, 1.807) is 19.0 Å². The molecule has 1 amide bonds. The van der Waals surface area contributed by atoms with E-state index in [0.717, 1.165) is 23.3 Å². The van der Waals surface area contributed by atoms with E-state index in [4.69, 9.17) is 0 Å². The first kappa shape index (κ1) is 17.8. The average Bonchev–Trinajstić information content (AvgIpc) is 2.48. The summed E-state index contributed by atoms with van der Waals surface area (Å²) >= 11 is 0. The monoisotopic (exact) mass is 336 g/mol. The Morgan fingerprint density at radius 3 is 2.38 bits per heavy atom. The number of carbonyl (C=O) groups excluding carboxylic acids is 1. The van der Waals surface area contributed by atoms with Crippen LogP contribution in [0.5, 0.6) is 0 Å². The second-order valence-electron chi connectivity index (χ2n) is 5.78. The van der Waals surface area contributed by atoms with E-state index in [0.29, 0.717) is 5.69 Å².